The molecule has 3 heterocycles. The third kappa shape index (κ3) is 4.47. The molecule has 3 aromatic heterocycles. The van der Waals surface area contributed by atoms with E-state index < -0.39 is 40.6 Å². The van der Waals surface area contributed by atoms with Crippen LogP contribution in [0.15, 0.2) is 40.0 Å². The maximum Gasteiger partial charge on any atom is 0.296 e. The number of carbonyl (C=O) groups is 1. The number of benzene rings is 1. The molecule has 12 heteroatoms. The molecule has 190 valence electrons. The Hall–Kier alpha value is -4.79. The van der Waals surface area contributed by atoms with Gasteiger partial charge in [-0.25, -0.2) is 9.37 Å². The van der Waals surface area contributed by atoms with Crippen LogP contribution in [0.2, 0.25) is 0 Å². The summed E-state index contributed by atoms with van der Waals surface area (Å²) in [4.78, 5) is 30.2. The third-order valence-electron chi connectivity index (χ3n) is 6.46. The average molecular weight is 506 g/mol. The fraction of sp³-hybridized carbons (Fsp3) is 0.280. The minimum atomic E-state index is -0.847. The molecule has 0 bridgehead atoms. The molecule has 1 aromatic carbocycles. The van der Waals surface area contributed by atoms with Gasteiger partial charge in [-0.15, -0.1) is 0 Å². The lowest BCUT2D eigenvalue weighted by atomic mass is 9.78. The first kappa shape index (κ1) is 25.3. The predicted molar refractivity (Wildman–Crippen MR) is 130 cm³/mol. The Morgan fingerprint density at radius 3 is 2.62 bits per heavy atom. The fourth-order valence-corrected chi connectivity index (χ4v) is 4.59. The normalized spacial score (nSPS) is 12.7. The number of rotatable bonds is 6. The smallest absolute Gasteiger partial charge is 0.296 e. The first-order valence-electron chi connectivity index (χ1n) is 11.2. The maximum absolute atomic E-state index is 14.5. The van der Waals surface area contributed by atoms with E-state index in [4.69, 9.17) is 4.52 Å². The third-order valence-corrected chi connectivity index (χ3v) is 6.46. The first-order chi connectivity index (χ1) is 17.5. The van der Waals surface area contributed by atoms with Crippen molar-refractivity contribution in [3.63, 3.8) is 0 Å². The van der Waals surface area contributed by atoms with E-state index >= 15 is 0 Å². The molecule has 37 heavy (non-hydrogen) atoms. The van der Waals surface area contributed by atoms with E-state index in [9.17, 15) is 24.3 Å². The number of halogens is 1. The van der Waals surface area contributed by atoms with Crippen molar-refractivity contribution in [2.45, 2.75) is 32.6 Å². The highest BCUT2D eigenvalue weighted by molar-refractivity contribution is 6.04. The number of nitrogens with zero attached hydrogens (tertiary/aromatic N) is 6. The lowest BCUT2D eigenvalue weighted by Gasteiger charge is -2.27. The Morgan fingerprint density at radius 1 is 1.30 bits per heavy atom. The van der Waals surface area contributed by atoms with Crippen molar-refractivity contribution >= 4 is 11.6 Å². The molecule has 2 atom stereocenters. The van der Waals surface area contributed by atoms with Gasteiger partial charge in [0.1, 0.15) is 23.6 Å². The van der Waals surface area contributed by atoms with E-state index in [1.165, 1.54) is 37.7 Å². The number of carbonyl (C=O) groups excluding carboxylic acids is 1. The summed E-state index contributed by atoms with van der Waals surface area (Å²) in [7, 11) is 3.19. The second-order valence-corrected chi connectivity index (χ2v) is 8.72. The number of nitrogens with one attached hydrogen (secondary N) is 1. The molecule has 0 radical (unpaired) electrons. The van der Waals surface area contributed by atoms with Gasteiger partial charge in [-0.05, 0) is 37.6 Å². The first-order valence-corrected chi connectivity index (χ1v) is 11.2. The summed E-state index contributed by atoms with van der Waals surface area (Å²) >= 11 is 0. The number of nitriles is 1. The number of aromatic hydroxyl groups is 1. The molecule has 0 saturated carbocycles. The number of aromatic nitrogens is 5. The second kappa shape index (κ2) is 9.69. The van der Waals surface area contributed by atoms with Crippen LogP contribution < -0.4 is 10.9 Å². The van der Waals surface area contributed by atoms with E-state index in [-0.39, 0.29) is 17.1 Å². The van der Waals surface area contributed by atoms with Gasteiger partial charge in [0.15, 0.2) is 5.69 Å². The van der Waals surface area contributed by atoms with Crippen LogP contribution in [-0.4, -0.2) is 35.5 Å². The average Bonchev–Trinajstić information content (AvgIpc) is 3.46. The van der Waals surface area contributed by atoms with E-state index in [2.05, 4.69) is 26.6 Å². The largest absolute Gasteiger partial charge is 0.501 e. The molecule has 11 nitrogen and oxygen atoms in total. The molecule has 0 saturated heterocycles. The molecule has 2 N–H and O–H groups in total. The lowest BCUT2D eigenvalue weighted by Crippen LogP contribution is -2.29. The van der Waals surface area contributed by atoms with Crippen LogP contribution in [0.4, 0.5) is 10.1 Å². The quantitative estimate of drug-likeness (QED) is 0.406. The van der Waals surface area contributed by atoms with Crippen molar-refractivity contribution in [3.8, 4) is 11.8 Å². The fourth-order valence-electron chi connectivity index (χ4n) is 4.59. The van der Waals surface area contributed by atoms with Gasteiger partial charge >= 0.3 is 0 Å². The standard InChI is InChI=1S/C25H24FN7O4/c1-12(23-30-21(22(34)25(36)32(23)4)24(35)29-17-10-28-37-11-17)19(20-13(2)31-33(5)14(20)3)18-8-16(26)7-6-15(18)9-27/h6-8,10-12,19,34H,1-5H3,(H,29,35)/t12-,19-/m1/s1. The van der Waals surface area contributed by atoms with Crippen molar-refractivity contribution in [2.75, 3.05) is 5.32 Å². The highest BCUT2D eigenvalue weighted by Crippen LogP contribution is 2.42. The van der Waals surface area contributed by atoms with Crippen molar-refractivity contribution in [1.82, 2.24) is 24.5 Å². The van der Waals surface area contributed by atoms with Gasteiger partial charge < -0.3 is 14.9 Å². The number of hydrogen-bond acceptors (Lipinski definition) is 8. The van der Waals surface area contributed by atoms with Crippen molar-refractivity contribution < 1.29 is 18.8 Å². The Kier molecular flexibility index (Phi) is 6.63. The summed E-state index contributed by atoms with van der Waals surface area (Å²) in [6.07, 6.45) is 2.42. The minimum absolute atomic E-state index is 0.138. The molecule has 0 spiro atoms. The zero-order valence-electron chi connectivity index (χ0n) is 20.8. The second-order valence-electron chi connectivity index (χ2n) is 8.72. The molecule has 4 aromatic rings. The summed E-state index contributed by atoms with van der Waals surface area (Å²) in [5.74, 6) is -3.42. The zero-order chi connectivity index (χ0) is 27.0. The van der Waals surface area contributed by atoms with Crippen LogP contribution in [-0.2, 0) is 14.1 Å². The number of amides is 1. The van der Waals surface area contributed by atoms with Gasteiger partial charge in [-0.3, -0.25) is 18.8 Å². The van der Waals surface area contributed by atoms with E-state index in [0.29, 0.717) is 11.3 Å². The molecular formula is C25H24FN7O4. The molecule has 0 fully saturated rings. The number of hydrogen-bond donors (Lipinski definition) is 2. The number of anilines is 1. The highest BCUT2D eigenvalue weighted by atomic mass is 19.1. The topological polar surface area (TPSA) is 152 Å². The summed E-state index contributed by atoms with van der Waals surface area (Å²) in [5.41, 5.74) is 1.65. The van der Waals surface area contributed by atoms with Gasteiger partial charge in [-0.1, -0.05) is 12.1 Å². The van der Waals surface area contributed by atoms with Crippen LogP contribution in [0.25, 0.3) is 0 Å². The van der Waals surface area contributed by atoms with Gasteiger partial charge in [0, 0.05) is 37.2 Å². The molecule has 0 aliphatic heterocycles. The Balaban J connectivity index is 1.94. The molecule has 4 rings (SSSR count). The van der Waals surface area contributed by atoms with Gasteiger partial charge in [0.25, 0.3) is 11.5 Å². The monoisotopic (exact) mass is 505 g/mol. The van der Waals surface area contributed by atoms with Crippen LogP contribution in [0.5, 0.6) is 5.75 Å². The number of aryl methyl sites for hydroxylation is 2. The van der Waals surface area contributed by atoms with Crippen LogP contribution in [0, 0.1) is 31.0 Å². The summed E-state index contributed by atoms with van der Waals surface area (Å²) in [5, 5.41) is 30.7. The van der Waals surface area contributed by atoms with Gasteiger partial charge in [-0.2, -0.15) is 10.4 Å². The van der Waals surface area contributed by atoms with Gasteiger partial charge in [0.2, 0.25) is 5.75 Å². The summed E-state index contributed by atoms with van der Waals surface area (Å²) in [6.45, 7) is 5.40. The Bertz CT molecular complexity index is 1600. The molecular weight excluding hydrogens is 481 g/mol. The van der Waals surface area contributed by atoms with Crippen LogP contribution in [0.3, 0.4) is 0 Å². The summed E-state index contributed by atoms with van der Waals surface area (Å²) in [6, 6.07) is 5.99. The molecule has 1 amide bonds. The Labute approximate surface area is 210 Å². The van der Waals surface area contributed by atoms with E-state index in [1.807, 2.05) is 6.92 Å². The van der Waals surface area contributed by atoms with Crippen molar-refractivity contribution in [3.05, 3.63) is 86.4 Å². The minimum Gasteiger partial charge on any atom is -0.501 e. The molecule has 0 aliphatic carbocycles. The molecule has 0 aliphatic rings. The van der Waals surface area contributed by atoms with Crippen molar-refractivity contribution in [1.29, 1.82) is 5.26 Å². The summed E-state index contributed by atoms with van der Waals surface area (Å²) < 4.78 is 22.0. The SMILES string of the molecule is Cc1nn(C)c(C)c1[C@@H](c1cc(F)ccc1C#N)[C@@H](C)c1nc(C(=O)Nc2cnoc2)c(O)c(=O)n1C. The Morgan fingerprint density at radius 2 is 2.03 bits per heavy atom. The van der Waals surface area contributed by atoms with Crippen LogP contribution in [0.1, 0.15) is 63.2 Å². The highest BCUT2D eigenvalue weighted by Gasteiger charge is 2.34. The van der Waals surface area contributed by atoms with E-state index in [0.717, 1.165) is 15.8 Å². The van der Waals surface area contributed by atoms with E-state index in [1.54, 1.807) is 25.6 Å². The van der Waals surface area contributed by atoms with Gasteiger partial charge in [0.05, 0.1) is 23.5 Å². The predicted octanol–water partition coefficient (Wildman–Crippen LogP) is 3.02. The van der Waals surface area contributed by atoms with Crippen LogP contribution >= 0.6 is 0 Å². The zero-order valence-corrected chi connectivity index (χ0v) is 20.8. The molecule has 0 unspecified atom stereocenters. The lowest BCUT2D eigenvalue weighted by molar-refractivity contribution is 0.101. The van der Waals surface area contributed by atoms with Crippen molar-refractivity contribution in [2.24, 2.45) is 14.1 Å². The maximum atomic E-state index is 14.5.